The van der Waals surface area contributed by atoms with Crippen LogP contribution in [0.15, 0.2) is 47.5 Å². The van der Waals surface area contributed by atoms with Gasteiger partial charge in [0.2, 0.25) is 28.9 Å². The first-order valence-electron chi connectivity index (χ1n) is 11.1. The summed E-state index contributed by atoms with van der Waals surface area (Å²) in [5, 5.41) is 24.3. The molecule has 6 rings (SSSR count). The highest BCUT2D eigenvalue weighted by molar-refractivity contribution is 7.59. The molecular weight excluding hydrogens is 525 g/mol. The number of H-pyrrole nitrogens is 1. The molecule has 2 aliphatic heterocycles. The molecule has 2 aromatic carbocycles. The zero-order valence-corrected chi connectivity index (χ0v) is 20.2. The van der Waals surface area contributed by atoms with E-state index in [4.69, 9.17) is 33.9 Å². The van der Waals surface area contributed by atoms with Gasteiger partial charge in [0.25, 0.3) is 5.56 Å². The van der Waals surface area contributed by atoms with E-state index in [0.29, 0.717) is 0 Å². The van der Waals surface area contributed by atoms with E-state index in [9.17, 15) is 19.6 Å². The van der Waals surface area contributed by atoms with E-state index in [1.807, 2.05) is 0 Å². The zero-order chi connectivity index (χ0) is 26.4. The minimum Gasteiger partial charge on any atom is -0.442 e. The van der Waals surface area contributed by atoms with Crippen LogP contribution < -0.4 is 30.2 Å². The number of aromatic amines is 1. The average molecular weight is 543 g/mol. The van der Waals surface area contributed by atoms with Gasteiger partial charge in [0.05, 0.1) is 19.5 Å². The molecule has 2 aliphatic rings. The van der Waals surface area contributed by atoms with Crippen molar-refractivity contribution >= 4 is 24.5 Å². The van der Waals surface area contributed by atoms with Gasteiger partial charge < -0.3 is 33.9 Å². The number of nitrogens with zero attached hydrogens (tertiary/aromatic N) is 3. The fourth-order valence-electron chi connectivity index (χ4n) is 3.86. The van der Waals surface area contributed by atoms with Crippen molar-refractivity contribution in [2.45, 2.75) is 18.8 Å². The van der Waals surface area contributed by atoms with Gasteiger partial charge in [-0.2, -0.15) is 4.98 Å². The van der Waals surface area contributed by atoms with Crippen molar-refractivity contribution in [1.29, 1.82) is 0 Å². The number of fused-ring (bicyclic) bond motifs is 3. The molecule has 0 bridgehead atoms. The summed E-state index contributed by atoms with van der Waals surface area (Å²) in [6.07, 6.45) is 1.36. The minimum atomic E-state index is -4.21. The number of nitrogens with two attached hydrogens (primary N) is 1. The van der Waals surface area contributed by atoms with Gasteiger partial charge in [-0.05, 0) is 24.3 Å². The molecule has 0 saturated carbocycles. The fourth-order valence-corrected chi connectivity index (χ4v) is 5.69. The number of ether oxygens (including phenoxy) is 5. The van der Waals surface area contributed by atoms with Crippen molar-refractivity contribution in [1.82, 2.24) is 19.5 Å². The summed E-state index contributed by atoms with van der Waals surface area (Å²) < 4.78 is 49.3. The highest BCUT2D eigenvalue weighted by Gasteiger charge is 2.55. The lowest BCUT2D eigenvalue weighted by Gasteiger charge is -2.26. The third-order valence-corrected chi connectivity index (χ3v) is 7.79. The smallest absolute Gasteiger partial charge is 0.361 e. The summed E-state index contributed by atoms with van der Waals surface area (Å²) in [5.41, 5.74) is 5.41. The highest BCUT2D eigenvalue weighted by atomic mass is 31.2. The number of nitrogens with one attached hydrogen (secondary N) is 1. The van der Waals surface area contributed by atoms with Gasteiger partial charge in [-0.15, -0.1) is 0 Å². The number of para-hydroxylation sites is 2. The second-order valence-electron chi connectivity index (χ2n) is 8.11. The van der Waals surface area contributed by atoms with Crippen LogP contribution in [0.2, 0.25) is 0 Å². The first kappa shape index (κ1) is 23.9. The molecule has 2 unspecified atom stereocenters. The average Bonchev–Trinajstić information content (AvgIpc) is 3.62. The van der Waals surface area contributed by atoms with Crippen molar-refractivity contribution in [3.05, 3.63) is 53.1 Å². The molecule has 16 heteroatoms. The molecule has 2 radical (unpaired) electrons. The normalized spacial score (nSPS) is 19.1. The molecule has 0 fully saturated rings. The van der Waals surface area contributed by atoms with Crippen molar-refractivity contribution in [2.75, 3.05) is 18.9 Å². The topological polar surface area (TPSA) is 202 Å². The van der Waals surface area contributed by atoms with Gasteiger partial charge in [-0.3, -0.25) is 29.1 Å². The number of hydrogen-bond acceptors (Lipinski definition) is 11. The number of imidazole rings is 1. The SMILES string of the molecule is Nc1nc2c(ncn2COCCOP(=O)(C2Oc3cccc([O])c3O2)C2Oc3cccc([O])c3O2)c(=O)[nH]1. The Balaban J connectivity index is 1.17. The Morgan fingerprint density at radius 3 is 2.21 bits per heavy atom. The van der Waals surface area contributed by atoms with Crippen LogP contribution in [0.25, 0.3) is 11.2 Å². The summed E-state index contributed by atoms with van der Waals surface area (Å²) in [7, 11) is -4.21. The molecule has 0 aliphatic carbocycles. The van der Waals surface area contributed by atoms with E-state index in [0.717, 1.165) is 0 Å². The van der Waals surface area contributed by atoms with Crippen LogP contribution in [-0.4, -0.2) is 44.8 Å². The van der Waals surface area contributed by atoms with E-state index in [1.54, 1.807) is 0 Å². The molecule has 196 valence electrons. The summed E-state index contributed by atoms with van der Waals surface area (Å²) in [6, 6.07) is 5.25. The monoisotopic (exact) mass is 543 g/mol. The molecule has 2 atom stereocenters. The van der Waals surface area contributed by atoms with Crippen molar-refractivity contribution in [3.63, 3.8) is 0 Å². The Bertz CT molecular complexity index is 1570. The molecule has 38 heavy (non-hydrogen) atoms. The molecule has 4 aromatic rings. The quantitative estimate of drug-likeness (QED) is 0.244. The third kappa shape index (κ3) is 4.02. The van der Waals surface area contributed by atoms with Gasteiger partial charge in [-0.25, -0.2) is 4.98 Å². The van der Waals surface area contributed by atoms with Crippen LogP contribution in [0.1, 0.15) is 0 Å². The Kier molecular flexibility index (Phi) is 5.75. The van der Waals surface area contributed by atoms with Gasteiger partial charge in [0.15, 0.2) is 22.7 Å². The molecule has 0 saturated heterocycles. The van der Waals surface area contributed by atoms with Gasteiger partial charge >= 0.3 is 19.4 Å². The Morgan fingerprint density at radius 1 is 0.974 bits per heavy atom. The molecule has 0 amide bonds. The maximum absolute atomic E-state index is 14.2. The zero-order valence-electron chi connectivity index (χ0n) is 19.3. The maximum atomic E-state index is 14.2. The Morgan fingerprint density at radius 2 is 1.61 bits per heavy atom. The summed E-state index contributed by atoms with van der Waals surface area (Å²) in [5.74, 6) is -1.13. The predicted octanol–water partition coefficient (Wildman–Crippen LogP) is 2.77. The van der Waals surface area contributed by atoms with E-state index >= 15 is 0 Å². The summed E-state index contributed by atoms with van der Waals surface area (Å²) >= 11 is 0. The number of hydrogen-bond donors (Lipinski definition) is 2. The molecular formula is C22H18N5O10P. The third-order valence-electron chi connectivity index (χ3n) is 5.61. The summed E-state index contributed by atoms with van der Waals surface area (Å²) in [6.45, 7) is -0.433. The molecule has 3 N–H and O–H groups in total. The lowest BCUT2D eigenvalue weighted by atomic mass is 10.3. The first-order chi connectivity index (χ1) is 18.3. The fraction of sp³-hybridized carbons (Fsp3) is 0.227. The van der Waals surface area contributed by atoms with Gasteiger partial charge in [0.1, 0.15) is 6.73 Å². The van der Waals surface area contributed by atoms with Crippen LogP contribution in [0, 0.1) is 0 Å². The lowest BCUT2D eigenvalue weighted by Crippen LogP contribution is -2.32. The van der Waals surface area contributed by atoms with E-state index in [-0.39, 0.29) is 60.1 Å². The largest absolute Gasteiger partial charge is 0.442 e. The van der Waals surface area contributed by atoms with Crippen molar-refractivity contribution in [2.24, 2.45) is 0 Å². The van der Waals surface area contributed by atoms with Crippen LogP contribution in [0.5, 0.6) is 34.5 Å². The number of rotatable bonds is 8. The minimum absolute atomic E-state index is 0.0777. The van der Waals surface area contributed by atoms with Crippen molar-refractivity contribution < 1.29 is 43.0 Å². The second-order valence-corrected chi connectivity index (χ2v) is 10.5. The predicted molar refractivity (Wildman–Crippen MR) is 125 cm³/mol. The Hall–Kier alpha value is -4.46. The van der Waals surface area contributed by atoms with E-state index in [1.165, 1.54) is 47.3 Å². The second kappa shape index (κ2) is 9.13. The van der Waals surface area contributed by atoms with Crippen LogP contribution >= 0.6 is 7.37 Å². The molecule has 4 heterocycles. The molecule has 0 spiro atoms. The number of benzene rings is 2. The van der Waals surface area contributed by atoms with Crippen LogP contribution in [-0.2, 0) is 30.8 Å². The number of aromatic nitrogens is 4. The van der Waals surface area contributed by atoms with Gasteiger partial charge in [0, 0.05) is 0 Å². The van der Waals surface area contributed by atoms with Crippen LogP contribution in [0.3, 0.4) is 0 Å². The van der Waals surface area contributed by atoms with E-state index in [2.05, 4.69) is 15.0 Å². The molecule has 15 nitrogen and oxygen atoms in total. The highest BCUT2D eigenvalue weighted by Crippen LogP contribution is 2.64. The number of anilines is 1. The summed E-state index contributed by atoms with van der Waals surface area (Å²) in [4.78, 5) is 22.3. The molecule has 2 aromatic heterocycles. The van der Waals surface area contributed by atoms with Gasteiger partial charge in [-0.1, -0.05) is 12.1 Å². The van der Waals surface area contributed by atoms with Crippen molar-refractivity contribution in [3.8, 4) is 34.5 Å². The Labute approximate surface area is 212 Å². The standard InChI is InChI=1S/C22H18N5O10P/c23-20-25-18-15(19(30)26-20)24-9-27(18)10-32-7-8-33-38(31,21-34-13-5-1-3-11(28)16(13)36-21)22-35-14-6-2-4-12(29)17(14)37-22/h1-6,9,21-22H,7-8,10H2,(H3,23,25,26,30). The maximum Gasteiger partial charge on any atom is 0.361 e. The van der Waals surface area contributed by atoms with Crippen LogP contribution in [0.4, 0.5) is 5.95 Å². The first-order valence-corrected chi connectivity index (χ1v) is 12.9. The lowest BCUT2D eigenvalue weighted by molar-refractivity contribution is 0.0284. The van der Waals surface area contributed by atoms with E-state index < -0.39 is 36.5 Å². The number of nitrogen functional groups attached to an aromatic ring is 1.